The number of hydroxylamine groups is 1. The van der Waals surface area contributed by atoms with E-state index >= 15 is 0 Å². The number of pyridine rings is 1. The van der Waals surface area contributed by atoms with Gasteiger partial charge in [-0.25, -0.2) is 5.48 Å². The van der Waals surface area contributed by atoms with Crippen molar-refractivity contribution >= 4 is 0 Å². The van der Waals surface area contributed by atoms with Crippen molar-refractivity contribution in [3.63, 3.8) is 0 Å². The van der Waals surface area contributed by atoms with Crippen LogP contribution < -0.4 is 10.2 Å². The number of rotatable bonds is 6. The van der Waals surface area contributed by atoms with Crippen molar-refractivity contribution in [1.29, 1.82) is 0 Å². The Morgan fingerprint density at radius 2 is 1.78 bits per heavy atom. The summed E-state index contributed by atoms with van der Waals surface area (Å²) in [5, 5.41) is 8.85. The van der Waals surface area contributed by atoms with E-state index in [1.54, 1.807) is 6.20 Å². The molecule has 23 heavy (non-hydrogen) atoms. The molecule has 0 aliphatic heterocycles. The number of nitrogens with zero attached hydrogens (tertiary/aromatic N) is 1. The maximum atomic E-state index is 8.85. The second-order valence-corrected chi connectivity index (χ2v) is 5.18. The van der Waals surface area contributed by atoms with Crippen molar-refractivity contribution in [2.45, 2.75) is 12.6 Å². The Kier molecular flexibility index (Phi) is 4.99. The molecule has 1 aromatic heterocycles. The van der Waals surface area contributed by atoms with E-state index in [1.807, 2.05) is 72.9 Å². The maximum absolute atomic E-state index is 8.85. The van der Waals surface area contributed by atoms with Gasteiger partial charge in [0.15, 0.2) is 6.10 Å². The molecule has 0 saturated carbocycles. The van der Waals surface area contributed by atoms with Gasteiger partial charge < -0.3 is 9.94 Å². The zero-order chi connectivity index (χ0) is 15.9. The molecule has 3 aromatic rings. The van der Waals surface area contributed by atoms with Crippen LogP contribution in [0.25, 0.3) is 0 Å². The van der Waals surface area contributed by atoms with Crippen LogP contribution in [0.15, 0.2) is 79.1 Å². The molecule has 0 aliphatic carbocycles. The smallest absolute Gasteiger partial charge is 0.150 e. The van der Waals surface area contributed by atoms with E-state index in [1.165, 1.54) is 0 Å². The predicted octanol–water partition coefficient (Wildman–Crippen LogP) is 3.73. The highest BCUT2D eigenvalue weighted by molar-refractivity contribution is 5.33. The topological polar surface area (TPSA) is 54.4 Å². The molecule has 0 spiro atoms. The van der Waals surface area contributed by atoms with Gasteiger partial charge in [0, 0.05) is 24.5 Å². The molecular formula is C19H18N2O2. The van der Waals surface area contributed by atoms with Crippen LogP contribution in [-0.4, -0.2) is 10.2 Å². The molecule has 0 bridgehead atoms. The normalized spacial score (nSPS) is 11.9. The van der Waals surface area contributed by atoms with Crippen LogP contribution >= 0.6 is 0 Å². The Bertz CT molecular complexity index is 693. The fourth-order valence-corrected chi connectivity index (χ4v) is 2.44. The largest absolute Gasteiger partial charge is 0.481 e. The van der Waals surface area contributed by atoms with E-state index in [4.69, 9.17) is 9.94 Å². The Morgan fingerprint density at radius 3 is 2.52 bits per heavy atom. The van der Waals surface area contributed by atoms with E-state index in [0.29, 0.717) is 6.54 Å². The van der Waals surface area contributed by atoms with Crippen molar-refractivity contribution in [1.82, 2.24) is 10.5 Å². The first-order valence-electron chi connectivity index (χ1n) is 7.44. The van der Waals surface area contributed by atoms with Gasteiger partial charge in [-0.05, 0) is 29.3 Å². The van der Waals surface area contributed by atoms with E-state index in [-0.39, 0.29) is 6.10 Å². The first-order chi connectivity index (χ1) is 11.4. The first-order valence-corrected chi connectivity index (χ1v) is 7.44. The summed E-state index contributed by atoms with van der Waals surface area (Å²) in [7, 11) is 0. The van der Waals surface area contributed by atoms with Crippen molar-refractivity contribution < 1.29 is 9.94 Å². The Hall–Kier alpha value is -2.69. The average molecular weight is 306 g/mol. The van der Waals surface area contributed by atoms with Crippen LogP contribution in [-0.2, 0) is 6.54 Å². The minimum Gasteiger partial charge on any atom is -0.481 e. The molecule has 0 aliphatic rings. The number of aromatic nitrogens is 1. The quantitative estimate of drug-likeness (QED) is 0.681. The standard InChI is InChI=1S/C19H18N2O2/c22-21-13-15-6-4-10-18(12-15)23-19(16-7-2-1-3-8-16)17-9-5-11-20-14-17/h1-12,14,19,21-22H,13H2. The minimum absolute atomic E-state index is 0.234. The molecule has 0 radical (unpaired) electrons. The SMILES string of the molecule is ONCc1cccc(OC(c2ccccc2)c2cccnc2)c1. The number of nitrogens with one attached hydrogen (secondary N) is 1. The lowest BCUT2D eigenvalue weighted by Gasteiger charge is -2.20. The Balaban J connectivity index is 1.92. The zero-order valence-corrected chi connectivity index (χ0v) is 12.6. The second-order valence-electron chi connectivity index (χ2n) is 5.18. The van der Waals surface area contributed by atoms with Crippen LogP contribution in [0, 0.1) is 0 Å². The van der Waals surface area contributed by atoms with Gasteiger partial charge in [0.2, 0.25) is 0 Å². The molecule has 1 atom stereocenters. The van der Waals surface area contributed by atoms with E-state index < -0.39 is 0 Å². The minimum atomic E-state index is -0.234. The van der Waals surface area contributed by atoms with Gasteiger partial charge in [-0.15, -0.1) is 0 Å². The molecule has 0 saturated heterocycles. The summed E-state index contributed by atoms with van der Waals surface area (Å²) in [5.41, 5.74) is 5.16. The van der Waals surface area contributed by atoms with Crippen LogP contribution in [0.1, 0.15) is 22.8 Å². The predicted molar refractivity (Wildman–Crippen MR) is 88.2 cm³/mol. The zero-order valence-electron chi connectivity index (χ0n) is 12.6. The summed E-state index contributed by atoms with van der Waals surface area (Å²) in [6.07, 6.45) is 3.33. The molecule has 0 amide bonds. The van der Waals surface area contributed by atoms with Crippen molar-refractivity contribution in [3.05, 3.63) is 95.8 Å². The van der Waals surface area contributed by atoms with E-state index in [0.717, 1.165) is 22.4 Å². The highest BCUT2D eigenvalue weighted by Crippen LogP contribution is 2.28. The summed E-state index contributed by atoms with van der Waals surface area (Å²) in [4.78, 5) is 4.20. The highest BCUT2D eigenvalue weighted by atomic mass is 16.5. The third-order valence-corrected chi connectivity index (χ3v) is 3.53. The molecule has 4 heteroatoms. The Morgan fingerprint density at radius 1 is 0.957 bits per heavy atom. The fraction of sp³-hybridized carbons (Fsp3) is 0.105. The molecule has 2 aromatic carbocycles. The van der Waals surface area contributed by atoms with Crippen molar-refractivity contribution in [2.75, 3.05) is 0 Å². The second kappa shape index (κ2) is 7.54. The molecule has 3 rings (SSSR count). The third-order valence-electron chi connectivity index (χ3n) is 3.53. The van der Waals surface area contributed by atoms with Crippen LogP contribution in [0.3, 0.4) is 0 Å². The van der Waals surface area contributed by atoms with Gasteiger partial charge in [0.25, 0.3) is 0 Å². The van der Waals surface area contributed by atoms with Crippen molar-refractivity contribution in [3.8, 4) is 5.75 Å². The van der Waals surface area contributed by atoms with Gasteiger partial charge in [-0.2, -0.15) is 0 Å². The summed E-state index contributed by atoms with van der Waals surface area (Å²) in [6, 6.07) is 21.6. The number of hydrogen-bond acceptors (Lipinski definition) is 4. The Labute approximate surface area is 135 Å². The van der Waals surface area contributed by atoms with E-state index in [9.17, 15) is 0 Å². The van der Waals surface area contributed by atoms with Gasteiger partial charge in [-0.1, -0.05) is 48.5 Å². The maximum Gasteiger partial charge on any atom is 0.150 e. The van der Waals surface area contributed by atoms with Crippen molar-refractivity contribution in [2.24, 2.45) is 0 Å². The van der Waals surface area contributed by atoms with Crippen LogP contribution in [0.5, 0.6) is 5.75 Å². The molecule has 1 heterocycles. The average Bonchev–Trinajstić information content (AvgIpc) is 2.62. The lowest BCUT2D eigenvalue weighted by molar-refractivity contribution is 0.161. The first kappa shape index (κ1) is 15.2. The summed E-state index contributed by atoms with van der Waals surface area (Å²) in [6.45, 7) is 0.375. The van der Waals surface area contributed by atoms with Crippen LogP contribution in [0.4, 0.5) is 0 Å². The van der Waals surface area contributed by atoms with Gasteiger partial charge in [0.1, 0.15) is 5.75 Å². The fourth-order valence-electron chi connectivity index (χ4n) is 2.44. The highest BCUT2D eigenvalue weighted by Gasteiger charge is 2.16. The van der Waals surface area contributed by atoms with Gasteiger partial charge in [0.05, 0.1) is 0 Å². The molecule has 0 fully saturated rings. The monoisotopic (exact) mass is 306 g/mol. The van der Waals surface area contributed by atoms with E-state index in [2.05, 4.69) is 10.5 Å². The molecule has 2 N–H and O–H groups in total. The summed E-state index contributed by atoms with van der Waals surface area (Å²) < 4.78 is 6.22. The number of hydrogen-bond donors (Lipinski definition) is 2. The number of benzene rings is 2. The molecule has 4 nitrogen and oxygen atoms in total. The van der Waals surface area contributed by atoms with Gasteiger partial charge >= 0.3 is 0 Å². The van der Waals surface area contributed by atoms with Gasteiger partial charge in [-0.3, -0.25) is 4.98 Å². The molecular weight excluding hydrogens is 288 g/mol. The summed E-state index contributed by atoms with van der Waals surface area (Å²) in [5.74, 6) is 0.746. The molecule has 1 unspecified atom stereocenters. The third kappa shape index (κ3) is 3.94. The lowest BCUT2D eigenvalue weighted by atomic mass is 10.0. The molecule has 116 valence electrons. The lowest BCUT2D eigenvalue weighted by Crippen LogP contribution is -2.10. The number of ether oxygens (including phenoxy) is 1. The summed E-state index contributed by atoms with van der Waals surface area (Å²) >= 11 is 0. The van der Waals surface area contributed by atoms with Crippen LogP contribution in [0.2, 0.25) is 0 Å².